The van der Waals surface area contributed by atoms with Crippen LogP contribution in [0.1, 0.15) is 16.1 Å². The van der Waals surface area contributed by atoms with Gasteiger partial charge < -0.3 is 9.84 Å². The van der Waals surface area contributed by atoms with Gasteiger partial charge in [0.05, 0.1) is 11.7 Å². The molecule has 0 unspecified atom stereocenters. The van der Waals surface area contributed by atoms with Gasteiger partial charge in [-0.3, -0.25) is 9.89 Å². The Labute approximate surface area is 192 Å². The van der Waals surface area contributed by atoms with Crippen molar-refractivity contribution in [3.8, 4) is 21.7 Å². The third kappa shape index (κ3) is 3.39. The highest BCUT2D eigenvalue weighted by atomic mass is 32.1. The number of anilines is 1. The number of carbonyl (C=O) groups is 1. The number of carbonyl (C=O) groups excluding carboxylic acids is 1. The molecule has 3 heterocycles. The van der Waals surface area contributed by atoms with E-state index < -0.39 is 0 Å². The molecule has 0 aliphatic carbocycles. The van der Waals surface area contributed by atoms with Crippen molar-refractivity contribution in [3.63, 3.8) is 0 Å². The van der Waals surface area contributed by atoms with Crippen LogP contribution in [0.5, 0.6) is 0 Å². The average Bonchev–Trinajstić information content (AvgIpc) is 3.56. The molecule has 0 radical (unpaired) electrons. The van der Waals surface area contributed by atoms with Crippen LogP contribution in [-0.4, -0.2) is 21.3 Å². The first kappa shape index (κ1) is 19.5. The molecule has 6 nitrogen and oxygen atoms in total. The number of fused-ring (bicyclic) bond motifs is 2. The summed E-state index contributed by atoms with van der Waals surface area (Å²) in [4.78, 5) is 14.4. The smallest absolute Gasteiger partial charge is 0.261 e. The van der Waals surface area contributed by atoms with Crippen LogP contribution in [0.2, 0.25) is 0 Å². The topological polar surface area (TPSA) is 83.8 Å². The number of amides is 1. The molecule has 0 saturated carbocycles. The van der Waals surface area contributed by atoms with Gasteiger partial charge in [0.1, 0.15) is 17.0 Å². The number of H-pyrrole nitrogens is 1. The van der Waals surface area contributed by atoms with Crippen LogP contribution in [0.3, 0.4) is 0 Å². The van der Waals surface area contributed by atoms with E-state index in [4.69, 9.17) is 4.52 Å². The highest BCUT2D eigenvalue weighted by Gasteiger charge is 2.22. The summed E-state index contributed by atoms with van der Waals surface area (Å²) in [6, 6.07) is 23.9. The molecule has 6 rings (SSSR count). The summed E-state index contributed by atoms with van der Waals surface area (Å²) >= 11 is 1.71. The number of nitrogens with zero attached hydrogens (tertiary/aromatic N) is 2. The van der Waals surface area contributed by atoms with Crippen LogP contribution < -0.4 is 5.32 Å². The van der Waals surface area contributed by atoms with E-state index in [9.17, 15) is 4.79 Å². The van der Waals surface area contributed by atoms with E-state index in [2.05, 4.69) is 38.9 Å². The second-order valence-corrected chi connectivity index (χ2v) is 8.87. The fourth-order valence-corrected chi connectivity index (χ4v) is 5.15. The Morgan fingerprint density at radius 3 is 2.67 bits per heavy atom. The molecule has 0 atom stereocenters. The Morgan fingerprint density at radius 2 is 1.82 bits per heavy atom. The first-order valence-corrected chi connectivity index (χ1v) is 11.3. The predicted octanol–water partition coefficient (Wildman–Crippen LogP) is 6.66. The molecular weight excluding hydrogens is 432 g/mol. The summed E-state index contributed by atoms with van der Waals surface area (Å²) in [6.07, 6.45) is 1.77. The molecule has 0 bridgehead atoms. The van der Waals surface area contributed by atoms with Crippen molar-refractivity contribution >= 4 is 43.9 Å². The van der Waals surface area contributed by atoms with Crippen LogP contribution in [0.4, 0.5) is 5.69 Å². The van der Waals surface area contributed by atoms with Crippen molar-refractivity contribution < 1.29 is 9.32 Å². The maximum atomic E-state index is 13.3. The number of aromatic amines is 1. The zero-order valence-corrected chi connectivity index (χ0v) is 18.4. The first-order valence-electron chi connectivity index (χ1n) is 10.5. The minimum atomic E-state index is -0.266. The molecule has 7 heteroatoms. The summed E-state index contributed by atoms with van der Waals surface area (Å²) in [7, 11) is 0. The summed E-state index contributed by atoms with van der Waals surface area (Å²) in [5.74, 6) is 0.207. The lowest BCUT2D eigenvalue weighted by molar-refractivity contribution is 0.102. The molecule has 0 aliphatic heterocycles. The Hall–Kier alpha value is -4.23. The molecule has 3 aromatic carbocycles. The Bertz CT molecular complexity index is 1600. The molecule has 160 valence electrons. The van der Waals surface area contributed by atoms with E-state index in [-0.39, 0.29) is 5.91 Å². The standard InChI is InChI=1S/C26H18N4O2S/c1-15-23(25(30-32-15)16-7-3-2-4-8-16)26(31)28-19-11-18-14-27-29-24(18)20(13-19)22-12-17-9-5-6-10-21(17)33-22/h2-14H,1H3,(H,27,29)(H,28,31). The molecule has 0 fully saturated rings. The Balaban J connectivity index is 1.41. The van der Waals surface area contributed by atoms with Crippen molar-refractivity contribution in [1.29, 1.82) is 0 Å². The summed E-state index contributed by atoms with van der Waals surface area (Å²) < 4.78 is 6.58. The van der Waals surface area contributed by atoms with Crippen molar-refractivity contribution in [2.24, 2.45) is 0 Å². The van der Waals surface area contributed by atoms with Crippen LogP contribution >= 0.6 is 11.3 Å². The SMILES string of the molecule is Cc1onc(-c2ccccc2)c1C(=O)Nc1cc(-c2cc3ccccc3s2)c2[nH]ncc2c1. The quantitative estimate of drug-likeness (QED) is 0.314. The molecule has 0 saturated heterocycles. The van der Waals surface area contributed by atoms with Crippen LogP contribution in [0, 0.1) is 6.92 Å². The molecular formula is C26H18N4O2S. The van der Waals surface area contributed by atoms with Gasteiger partial charge in [0.25, 0.3) is 5.91 Å². The largest absolute Gasteiger partial charge is 0.360 e. The molecule has 0 aliphatic rings. The highest BCUT2D eigenvalue weighted by Crippen LogP contribution is 2.38. The van der Waals surface area contributed by atoms with Gasteiger partial charge in [-0.05, 0) is 36.6 Å². The third-order valence-corrected chi connectivity index (χ3v) is 6.78. The van der Waals surface area contributed by atoms with Gasteiger partial charge in [-0.25, -0.2) is 0 Å². The van der Waals surface area contributed by atoms with E-state index in [1.165, 1.54) is 10.1 Å². The van der Waals surface area contributed by atoms with E-state index in [1.54, 1.807) is 24.5 Å². The maximum Gasteiger partial charge on any atom is 0.261 e. The van der Waals surface area contributed by atoms with Gasteiger partial charge in [0.15, 0.2) is 0 Å². The van der Waals surface area contributed by atoms with Crippen LogP contribution in [0.15, 0.2) is 83.5 Å². The number of hydrogen-bond acceptors (Lipinski definition) is 5. The number of benzene rings is 3. The number of aromatic nitrogens is 3. The maximum absolute atomic E-state index is 13.3. The number of hydrogen-bond donors (Lipinski definition) is 2. The lowest BCUT2D eigenvalue weighted by Gasteiger charge is -2.09. The van der Waals surface area contributed by atoms with Gasteiger partial charge in [-0.15, -0.1) is 11.3 Å². The molecule has 6 aromatic rings. The van der Waals surface area contributed by atoms with Crippen LogP contribution in [-0.2, 0) is 0 Å². The second kappa shape index (κ2) is 7.72. The van der Waals surface area contributed by atoms with Crippen molar-refractivity contribution in [2.75, 3.05) is 5.32 Å². The normalized spacial score (nSPS) is 11.3. The Morgan fingerprint density at radius 1 is 1.00 bits per heavy atom. The molecule has 0 spiro atoms. The summed E-state index contributed by atoms with van der Waals surface area (Å²) in [5.41, 5.74) is 4.39. The number of aryl methyl sites for hydroxylation is 1. The van der Waals surface area contributed by atoms with Gasteiger partial charge in [0.2, 0.25) is 0 Å². The van der Waals surface area contributed by atoms with Crippen molar-refractivity contribution in [2.45, 2.75) is 6.92 Å². The lowest BCUT2D eigenvalue weighted by atomic mass is 10.0. The van der Waals surface area contributed by atoms with E-state index >= 15 is 0 Å². The molecule has 3 aromatic heterocycles. The monoisotopic (exact) mass is 450 g/mol. The lowest BCUT2D eigenvalue weighted by Crippen LogP contribution is -2.13. The predicted molar refractivity (Wildman–Crippen MR) is 132 cm³/mol. The molecule has 1 amide bonds. The van der Waals surface area contributed by atoms with Gasteiger partial charge in [-0.2, -0.15) is 5.10 Å². The van der Waals surface area contributed by atoms with Gasteiger partial charge in [-0.1, -0.05) is 53.7 Å². The zero-order valence-electron chi connectivity index (χ0n) is 17.6. The summed E-state index contributed by atoms with van der Waals surface area (Å²) in [5, 5.41) is 16.6. The van der Waals surface area contributed by atoms with Gasteiger partial charge >= 0.3 is 0 Å². The third-order valence-electron chi connectivity index (χ3n) is 5.63. The number of nitrogens with one attached hydrogen (secondary N) is 2. The van der Waals surface area contributed by atoms with Crippen LogP contribution in [0.25, 0.3) is 42.7 Å². The fraction of sp³-hybridized carbons (Fsp3) is 0.0385. The highest BCUT2D eigenvalue weighted by molar-refractivity contribution is 7.22. The average molecular weight is 451 g/mol. The minimum absolute atomic E-state index is 0.266. The van der Waals surface area contributed by atoms with Gasteiger partial charge in [0, 0.05) is 31.8 Å². The Kier molecular flexibility index (Phi) is 4.55. The number of rotatable bonds is 4. The molecule has 33 heavy (non-hydrogen) atoms. The summed E-state index contributed by atoms with van der Waals surface area (Å²) in [6.45, 7) is 1.75. The fourth-order valence-electron chi connectivity index (χ4n) is 4.06. The second-order valence-electron chi connectivity index (χ2n) is 7.79. The van der Waals surface area contributed by atoms with Crippen molar-refractivity contribution in [3.05, 3.63) is 90.3 Å². The zero-order chi connectivity index (χ0) is 22.4. The van der Waals surface area contributed by atoms with E-state index in [1.807, 2.05) is 54.6 Å². The molecule has 2 N–H and O–H groups in total. The van der Waals surface area contributed by atoms with Crippen molar-refractivity contribution in [1.82, 2.24) is 15.4 Å². The number of thiophene rings is 1. The van der Waals surface area contributed by atoms with E-state index in [0.29, 0.717) is 22.7 Å². The minimum Gasteiger partial charge on any atom is -0.360 e. The van der Waals surface area contributed by atoms with E-state index in [0.717, 1.165) is 26.9 Å². The first-order chi connectivity index (χ1) is 16.2.